The molecule has 1 aliphatic heterocycles. The van der Waals surface area contributed by atoms with Gasteiger partial charge in [0, 0.05) is 38.9 Å². The first-order valence-corrected chi connectivity index (χ1v) is 8.21. The molecule has 2 heterocycles. The molecule has 0 amide bonds. The number of nitrogens with zero attached hydrogens (tertiary/aromatic N) is 3. The summed E-state index contributed by atoms with van der Waals surface area (Å²) in [5.41, 5.74) is 0. The van der Waals surface area contributed by atoms with Crippen LogP contribution in [0.2, 0.25) is 5.02 Å². The van der Waals surface area contributed by atoms with Crippen molar-refractivity contribution in [2.45, 2.75) is 17.9 Å². The van der Waals surface area contributed by atoms with Gasteiger partial charge >= 0.3 is 0 Å². The molecular weight excluding hydrogens is 300 g/mol. The van der Waals surface area contributed by atoms with Crippen molar-refractivity contribution in [3.05, 3.63) is 17.3 Å². The van der Waals surface area contributed by atoms with E-state index in [0.29, 0.717) is 23.9 Å². The van der Waals surface area contributed by atoms with Crippen LogP contribution in [0.1, 0.15) is 6.92 Å². The first kappa shape index (κ1) is 15.5. The summed E-state index contributed by atoms with van der Waals surface area (Å²) in [4.78, 5) is 6.31. The van der Waals surface area contributed by atoms with Crippen molar-refractivity contribution in [2.24, 2.45) is 0 Å². The van der Waals surface area contributed by atoms with Gasteiger partial charge in [0.15, 0.2) is 0 Å². The standard InChI is InChI=1S/C12H19ClN4O2S/c1-9-8-17(5-4-16(9)3)20(18,19)10-6-11(13)12(14-2)15-7-10/h6-7,9H,4-5,8H2,1-3H3,(H,14,15). The second-order valence-corrected chi connectivity index (χ2v) is 7.29. The molecular formula is C12H19ClN4O2S. The molecule has 0 aromatic carbocycles. The predicted octanol–water partition coefficient (Wildman–Crippen LogP) is 1.10. The largest absolute Gasteiger partial charge is 0.372 e. The van der Waals surface area contributed by atoms with Crippen LogP contribution in [-0.4, -0.2) is 62.4 Å². The summed E-state index contributed by atoms with van der Waals surface area (Å²) < 4.78 is 26.6. The van der Waals surface area contributed by atoms with E-state index in [1.165, 1.54) is 16.6 Å². The Kier molecular flexibility index (Phi) is 4.53. The zero-order chi connectivity index (χ0) is 14.9. The fourth-order valence-corrected chi connectivity index (χ4v) is 3.94. The van der Waals surface area contributed by atoms with Gasteiger partial charge in [0.1, 0.15) is 10.7 Å². The molecule has 1 aliphatic rings. The molecule has 0 bridgehead atoms. The molecule has 20 heavy (non-hydrogen) atoms. The first-order chi connectivity index (χ1) is 9.36. The summed E-state index contributed by atoms with van der Waals surface area (Å²) in [5, 5.41) is 3.11. The van der Waals surface area contributed by atoms with E-state index in [-0.39, 0.29) is 10.9 Å². The Bertz CT molecular complexity index is 593. The maximum Gasteiger partial charge on any atom is 0.244 e. The molecule has 0 radical (unpaired) electrons. The Morgan fingerprint density at radius 1 is 1.45 bits per heavy atom. The maximum absolute atomic E-state index is 12.6. The summed E-state index contributed by atoms with van der Waals surface area (Å²) in [6.45, 7) is 3.69. The molecule has 1 saturated heterocycles. The normalized spacial score (nSPS) is 21.9. The van der Waals surface area contributed by atoms with E-state index in [1.807, 2.05) is 14.0 Å². The number of nitrogens with one attached hydrogen (secondary N) is 1. The molecule has 0 aliphatic carbocycles. The fourth-order valence-electron chi connectivity index (χ4n) is 2.13. The molecule has 0 spiro atoms. The zero-order valence-electron chi connectivity index (χ0n) is 11.8. The van der Waals surface area contributed by atoms with Crippen LogP contribution in [0.5, 0.6) is 0 Å². The second-order valence-electron chi connectivity index (χ2n) is 4.94. The third-order valence-corrected chi connectivity index (χ3v) is 5.73. The minimum Gasteiger partial charge on any atom is -0.372 e. The lowest BCUT2D eigenvalue weighted by Crippen LogP contribution is -2.51. The molecule has 6 nitrogen and oxygen atoms in total. The van der Waals surface area contributed by atoms with Gasteiger partial charge in [-0.25, -0.2) is 13.4 Å². The molecule has 1 unspecified atom stereocenters. The third-order valence-electron chi connectivity index (χ3n) is 3.61. The number of aromatic nitrogens is 1. The van der Waals surface area contributed by atoms with Crippen LogP contribution < -0.4 is 5.32 Å². The van der Waals surface area contributed by atoms with Crippen molar-refractivity contribution in [1.29, 1.82) is 0 Å². The zero-order valence-corrected chi connectivity index (χ0v) is 13.4. The van der Waals surface area contributed by atoms with Gasteiger partial charge in [-0.15, -0.1) is 0 Å². The van der Waals surface area contributed by atoms with E-state index in [0.717, 1.165) is 6.54 Å². The number of pyridine rings is 1. The Morgan fingerprint density at radius 3 is 2.70 bits per heavy atom. The Labute approximate surface area is 124 Å². The van der Waals surface area contributed by atoms with Crippen LogP contribution in [-0.2, 0) is 10.0 Å². The van der Waals surface area contributed by atoms with E-state index in [9.17, 15) is 8.42 Å². The molecule has 1 aromatic heterocycles. The van der Waals surface area contributed by atoms with Crippen LogP contribution in [0.3, 0.4) is 0 Å². The molecule has 2 rings (SSSR count). The van der Waals surface area contributed by atoms with E-state index >= 15 is 0 Å². The van der Waals surface area contributed by atoms with Crippen LogP contribution in [0, 0.1) is 0 Å². The Morgan fingerprint density at radius 2 is 2.15 bits per heavy atom. The van der Waals surface area contributed by atoms with Crippen LogP contribution >= 0.6 is 11.6 Å². The van der Waals surface area contributed by atoms with Crippen molar-refractivity contribution in [1.82, 2.24) is 14.2 Å². The van der Waals surface area contributed by atoms with Crippen molar-refractivity contribution in [2.75, 3.05) is 39.0 Å². The molecule has 1 atom stereocenters. The fraction of sp³-hybridized carbons (Fsp3) is 0.583. The monoisotopic (exact) mass is 318 g/mol. The van der Waals surface area contributed by atoms with E-state index in [4.69, 9.17) is 11.6 Å². The predicted molar refractivity (Wildman–Crippen MR) is 79.6 cm³/mol. The number of hydrogen-bond donors (Lipinski definition) is 1. The van der Waals surface area contributed by atoms with Crippen molar-refractivity contribution >= 4 is 27.4 Å². The number of likely N-dealkylation sites (N-methyl/N-ethyl adjacent to an activating group) is 1. The smallest absolute Gasteiger partial charge is 0.244 e. The van der Waals surface area contributed by atoms with Crippen molar-refractivity contribution in [3.63, 3.8) is 0 Å². The lowest BCUT2D eigenvalue weighted by molar-refractivity contribution is 0.159. The molecule has 0 saturated carbocycles. The Hall–Kier alpha value is -0.890. The molecule has 8 heteroatoms. The number of rotatable bonds is 3. The topological polar surface area (TPSA) is 65.5 Å². The minimum atomic E-state index is -3.53. The third kappa shape index (κ3) is 2.90. The van der Waals surface area contributed by atoms with Gasteiger partial charge in [0.2, 0.25) is 10.0 Å². The number of hydrogen-bond acceptors (Lipinski definition) is 5. The van der Waals surface area contributed by atoms with E-state index in [1.54, 1.807) is 7.05 Å². The van der Waals surface area contributed by atoms with Crippen LogP contribution in [0.25, 0.3) is 0 Å². The molecule has 1 N–H and O–H groups in total. The summed E-state index contributed by atoms with van der Waals surface area (Å²) in [6, 6.07) is 1.64. The summed E-state index contributed by atoms with van der Waals surface area (Å²) in [5.74, 6) is 0.470. The average molecular weight is 319 g/mol. The van der Waals surface area contributed by atoms with Gasteiger partial charge in [-0.3, -0.25) is 0 Å². The molecule has 112 valence electrons. The Balaban J connectivity index is 2.29. The highest BCUT2D eigenvalue weighted by Gasteiger charge is 2.31. The highest BCUT2D eigenvalue weighted by molar-refractivity contribution is 7.89. The number of anilines is 1. The summed E-state index contributed by atoms with van der Waals surface area (Å²) in [7, 11) is 0.146. The van der Waals surface area contributed by atoms with Gasteiger partial charge in [0.05, 0.1) is 5.02 Å². The van der Waals surface area contributed by atoms with Crippen molar-refractivity contribution in [3.8, 4) is 0 Å². The number of halogens is 1. The van der Waals surface area contributed by atoms with Gasteiger partial charge < -0.3 is 10.2 Å². The minimum absolute atomic E-state index is 0.137. The van der Waals surface area contributed by atoms with E-state index in [2.05, 4.69) is 15.2 Å². The van der Waals surface area contributed by atoms with Crippen LogP contribution in [0.15, 0.2) is 17.2 Å². The lowest BCUT2D eigenvalue weighted by atomic mass is 10.2. The molecule has 1 aromatic rings. The second kappa shape index (κ2) is 5.85. The van der Waals surface area contributed by atoms with Gasteiger partial charge in [-0.1, -0.05) is 11.6 Å². The van der Waals surface area contributed by atoms with Crippen LogP contribution in [0.4, 0.5) is 5.82 Å². The lowest BCUT2D eigenvalue weighted by Gasteiger charge is -2.36. The van der Waals surface area contributed by atoms with Gasteiger partial charge in [-0.05, 0) is 20.0 Å². The highest BCUT2D eigenvalue weighted by Crippen LogP contribution is 2.25. The SMILES string of the molecule is CNc1ncc(S(=O)(=O)N2CCN(C)C(C)C2)cc1Cl. The quantitative estimate of drug-likeness (QED) is 0.904. The number of piperazine rings is 1. The maximum atomic E-state index is 12.6. The van der Waals surface area contributed by atoms with E-state index < -0.39 is 10.0 Å². The van der Waals surface area contributed by atoms with Crippen molar-refractivity contribution < 1.29 is 8.42 Å². The van der Waals surface area contributed by atoms with Gasteiger partial charge in [0.25, 0.3) is 0 Å². The highest BCUT2D eigenvalue weighted by atomic mass is 35.5. The van der Waals surface area contributed by atoms with Gasteiger partial charge in [-0.2, -0.15) is 4.31 Å². The first-order valence-electron chi connectivity index (χ1n) is 6.40. The number of sulfonamides is 1. The average Bonchev–Trinajstić information content (AvgIpc) is 2.41. The summed E-state index contributed by atoms with van der Waals surface area (Å²) in [6.07, 6.45) is 1.34. The molecule has 1 fully saturated rings. The summed E-state index contributed by atoms with van der Waals surface area (Å²) >= 11 is 6.01.